The topological polar surface area (TPSA) is 63.8 Å². The molecule has 3 N–H and O–H groups in total. The van der Waals surface area contributed by atoms with Crippen molar-refractivity contribution in [2.75, 3.05) is 5.43 Å². The van der Waals surface area contributed by atoms with Gasteiger partial charge >= 0.3 is 0 Å². The largest absolute Gasteiger partial charge is 0.308 e. The number of rotatable bonds is 5. The first-order chi connectivity index (χ1) is 9.12. The molecule has 1 fully saturated rings. The van der Waals surface area contributed by atoms with E-state index in [-0.39, 0.29) is 0 Å². The summed E-state index contributed by atoms with van der Waals surface area (Å²) in [7, 11) is 0. The maximum atomic E-state index is 5.53. The molecule has 1 aromatic rings. The van der Waals surface area contributed by atoms with Crippen molar-refractivity contribution < 1.29 is 0 Å². The van der Waals surface area contributed by atoms with Crippen molar-refractivity contribution in [3.63, 3.8) is 0 Å². The van der Waals surface area contributed by atoms with Crippen molar-refractivity contribution in [3.8, 4) is 0 Å². The molecule has 0 aromatic carbocycles. The van der Waals surface area contributed by atoms with Crippen molar-refractivity contribution >= 4 is 5.82 Å². The van der Waals surface area contributed by atoms with Crippen LogP contribution in [0.15, 0.2) is 6.07 Å². The lowest BCUT2D eigenvalue weighted by molar-refractivity contribution is 0.515. The monoisotopic (exact) mass is 262 g/mol. The Kier molecular flexibility index (Phi) is 4.75. The van der Waals surface area contributed by atoms with Gasteiger partial charge in [0.15, 0.2) is 0 Å². The molecule has 0 spiro atoms. The normalized spacial score (nSPS) is 23.0. The molecule has 2 rings (SSSR count). The van der Waals surface area contributed by atoms with Crippen molar-refractivity contribution in [2.45, 2.75) is 58.8 Å². The lowest BCUT2D eigenvalue weighted by Crippen LogP contribution is -2.13. The Balaban J connectivity index is 2.19. The zero-order chi connectivity index (χ0) is 13.8. The average Bonchev–Trinajstić information content (AvgIpc) is 2.86. The zero-order valence-electron chi connectivity index (χ0n) is 12.3. The van der Waals surface area contributed by atoms with Gasteiger partial charge in [-0.15, -0.1) is 0 Å². The van der Waals surface area contributed by atoms with Crippen molar-refractivity contribution in [1.29, 1.82) is 0 Å². The summed E-state index contributed by atoms with van der Waals surface area (Å²) in [5, 5.41) is 0. The van der Waals surface area contributed by atoms with E-state index in [0.717, 1.165) is 29.7 Å². The minimum atomic E-state index is 0.518. The highest BCUT2D eigenvalue weighted by Gasteiger charge is 2.27. The number of hydrogen-bond acceptors (Lipinski definition) is 4. The van der Waals surface area contributed by atoms with Gasteiger partial charge in [0.05, 0.1) is 0 Å². The number of aromatic nitrogens is 2. The van der Waals surface area contributed by atoms with E-state index in [9.17, 15) is 0 Å². The van der Waals surface area contributed by atoms with Gasteiger partial charge in [-0.3, -0.25) is 0 Å². The van der Waals surface area contributed by atoms with Crippen LogP contribution in [0.2, 0.25) is 0 Å². The molecular formula is C15H26N4. The smallest absolute Gasteiger partial charge is 0.143 e. The van der Waals surface area contributed by atoms with Crippen LogP contribution in [0.5, 0.6) is 0 Å². The number of nitrogens with zero attached hydrogens (tertiary/aromatic N) is 2. The molecular weight excluding hydrogens is 236 g/mol. The van der Waals surface area contributed by atoms with E-state index in [0.29, 0.717) is 11.8 Å². The molecule has 1 aliphatic carbocycles. The molecule has 1 aromatic heterocycles. The predicted molar refractivity (Wildman–Crippen MR) is 78.8 cm³/mol. The van der Waals surface area contributed by atoms with E-state index in [1.807, 2.05) is 6.07 Å². The van der Waals surface area contributed by atoms with Crippen LogP contribution < -0.4 is 11.3 Å². The van der Waals surface area contributed by atoms with E-state index in [1.54, 1.807) is 0 Å². The fourth-order valence-electron chi connectivity index (χ4n) is 2.98. The number of hydrogen-bond donors (Lipinski definition) is 2. The Labute approximate surface area is 116 Å². The second kappa shape index (κ2) is 6.33. The van der Waals surface area contributed by atoms with E-state index in [2.05, 4.69) is 31.2 Å². The van der Waals surface area contributed by atoms with Crippen LogP contribution in [0.25, 0.3) is 0 Å². The highest BCUT2D eigenvalue weighted by atomic mass is 15.3. The molecule has 19 heavy (non-hydrogen) atoms. The van der Waals surface area contributed by atoms with Crippen LogP contribution in [0.1, 0.15) is 63.9 Å². The Bertz CT molecular complexity index is 417. The molecule has 1 aliphatic rings. The second-order valence-corrected chi connectivity index (χ2v) is 6.13. The molecule has 4 nitrogen and oxygen atoms in total. The summed E-state index contributed by atoms with van der Waals surface area (Å²) in [6, 6.07) is 1.97. The molecule has 2 unspecified atom stereocenters. The summed E-state index contributed by atoms with van der Waals surface area (Å²) >= 11 is 0. The maximum absolute atomic E-state index is 5.53. The van der Waals surface area contributed by atoms with E-state index >= 15 is 0 Å². The third-order valence-electron chi connectivity index (χ3n) is 4.05. The van der Waals surface area contributed by atoms with Gasteiger partial charge in [-0.1, -0.05) is 27.2 Å². The quantitative estimate of drug-likeness (QED) is 0.631. The summed E-state index contributed by atoms with van der Waals surface area (Å²) in [6.07, 6.45) is 6.00. The standard InChI is InChI=1S/C15H26N4/c1-4-11-5-6-12(8-11)15-17-13(7-10(2)3)9-14(18-15)19-16/h9-12H,4-8,16H2,1-3H3,(H,17,18,19). The van der Waals surface area contributed by atoms with Gasteiger partial charge in [-0.25, -0.2) is 15.8 Å². The lowest BCUT2D eigenvalue weighted by Gasteiger charge is -2.13. The van der Waals surface area contributed by atoms with Crippen LogP contribution in [0, 0.1) is 11.8 Å². The van der Waals surface area contributed by atoms with Gasteiger partial charge in [0.1, 0.15) is 11.6 Å². The number of anilines is 1. The average molecular weight is 262 g/mol. The Morgan fingerprint density at radius 3 is 2.74 bits per heavy atom. The van der Waals surface area contributed by atoms with Crippen molar-refractivity contribution in [3.05, 3.63) is 17.6 Å². The van der Waals surface area contributed by atoms with Gasteiger partial charge in [-0.05, 0) is 37.5 Å². The van der Waals surface area contributed by atoms with Crippen LogP contribution >= 0.6 is 0 Å². The highest BCUT2D eigenvalue weighted by molar-refractivity contribution is 5.35. The summed E-state index contributed by atoms with van der Waals surface area (Å²) in [5.41, 5.74) is 3.78. The van der Waals surface area contributed by atoms with Gasteiger partial charge < -0.3 is 5.43 Å². The molecule has 2 atom stereocenters. The first-order valence-electron chi connectivity index (χ1n) is 7.46. The first kappa shape index (κ1) is 14.3. The summed E-state index contributed by atoms with van der Waals surface area (Å²) in [5.74, 6) is 9.23. The molecule has 1 saturated carbocycles. The van der Waals surface area contributed by atoms with Crippen LogP contribution in [-0.2, 0) is 6.42 Å². The summed E-state index contributed by atoms with van der Waals surface area (Å²) in [4.78, 5) is 9.33. The summed E-state index contributed by atoms with van der Waals surface area (Å²) < 4.78 is 0. The molecule has 0 saturated heterocycles. The molecule has 4 heteroatoms. The van der Waals surface area contributed by atoms with Crippen LogP contribution in [-0.4, -0.2) is 9.97 Å². The maximum Gasteiger partial charge on any atom is 0.143 e. The third kappa shape index (κ3) is 3.66. The van der Waals surface area contributed by atoms with Crippen molar-refractivity contribution in [1.82, 2.24) is 9.97 Å². The SMILES string of the molecule is CCC1CCC(c2nc(CC(C)C)cc(NN)n2)C1. The molecule has 0 bridgehead atoms. The molecule has 0 aliphatic heterocycles. The van der Waals surface area contributed by atoms with Crippen LogP contribution in [0.3, 0.4) is 0 Å². The van der Waals surface area contributed by atoms with Crippen LogP contribution in [0.4, 0.5) is 5.82 Å². The first-order valence-corrected chi connectivity index (χ1v) is 7.46. The fourth-order valence-corrected chi connectivity index (χ4v) is 2.98. The molecule has 1 heterocycles. The van der Waals surface area contributed by atoms with Gasteiger partial charge in [0.25, 0.3) is 0 Å². The number of nitrogens with two attached hydrogens (primary N) is 1. The lowest BCUT2D eigenvalue weighted by atomic mass is 10.0. The van der Waals surface area contributed by atoms with Crippen molar-refractivity contribution in [2.24, 2.45) is 17.7 Å². The number of hydrazine groups is 1. The molecule has 106 valence electrons. The fraction of sp³-hybridized carbons (Fsp3) is 0.733. The highest BCUT2D eigenvalue weighted by Crippen LogP contribution is 2.38. The van der Waals surface area contributed by atoms with E-state index < -0.39 is 0 Å². The van der Waals surface area contributed by atoms with Gasteiger partial charge in [-0.2, -0.15) is 0 Å². The Hall–Kier alpha value is -1.16. The molecule has 0 amide bonds. The minimum Gasteiger partial charge on any atom is -0.308 e. The third-order valence-corrected chi connectivity index (χ3v) is 4.05. The molecule has 0 radical (unpaired) electrons. The number of nitrogens with one attached hydrogen (secondary N) is 1. The minimum absolute atomic E-state index is 0.518. The second-order valence-electron chi connectivity index (χ2n) is 6.13. The van der Waals surface area contributed by atoms with Gasteiger partial charge in [0, 0.05) is 17.7 Å². The Morgan fingerprint density at radius 2 is 2.16 bits per heavy atom. The van der Waals surface area contributed by atoms with E-state index in [1.165, 1.54) is 25.7 Å². The van der Waals surface area contributed by atoms with Gasteiger partial charge in [0.2, 0.25) is 0 Å². The van der Waals surface area contributed by atoms with E-state index in [4.69, 9.17) is 10.8 Å². The summed E-state index contributed by atoms with van der Waals surface area (Å²) in [6.45, 7) is 6.69. The predicted octanol–water partition coefficient (Wildman–Crippen LogP) is 3.25. The number of nitrogen functional groups attached to an aromatic ring is 1. The Morgan fingerprint density at radius 1 is 1.37 bits per heavy atom. The zero-order valence-corrected chi connectivity index (χ0v) is 12.3.